The van der Waals surface area contributed by atoms with E-state index in [-0.39, 0.29) is 0 Å². The van der Waals surface area contributed by atoms with E-state index < -0.39 is 0 Å². The van der Waals surface area contributed by atoms with Gasteiger partial charge in [0.2, 0.25) is 0 Å². The van der Waals surface area contributed by atoms with E-state index in [0.29, 0.717) is 0 Å². The lowest BCUT2D eigenvalue weighted by Gasteiger charge is -2.04. The molecule has 0 unspecified atom stereocenters. The number of anilines is 1. The quantitative estimate of drug-likeness (QED) is 0.802. The third kappa shape index (κ3) is 2.73. The molecule has 0 atom stereocenters. The normalized spacial score (nSPS) is 10.1. The number of pyridine rings is 1. The van der Waals surface area contributed by atoms with Gasteiger partial charge in [-0.2, -0.15) is 0 Å². The van der Waals surface area contributed by atoms with Gasteiger partial charge in [-0.1, -0.05) is 18.2 Å². The zero-order valence-electron chi connectivity index (χ0n) is 8.26. The van der Waals surface area contributed by atoms with Crippen LogP contribution in [0.2, 0.25) is 0 Å². The van der Waals surface area contributed by atoms with Gasteiger partial charge in [0.15, 0.2) is 0 Å². The van der Waals surface area contributed by atoms with Gasteiger partial charge in [0.25, 0.3) is 0 Å². The van der Waals surface area contributed by atoms with Crippen LogP contribution in [0.1, 0.15) is 5.56 Å². The van der Waals surface area contributed by atoms with Crippen LogP contribution in [0.5, 0.6) is 0 Å². The van der Waals surface area contributed by atoms with Crippen molar-refractivity contribution in [3.05, 3.63) is 54.4 Å². The van der Waals surface area contributed by atoms with Crippen molar-refractivity contribution in [2.24, 2.45) is 0 Å². The number of thioether (sulfide) groups is 1. The van der Waals surface area contributed by atoms with E-state index in [9.17, 15) is 0 Å². The summed E-state index contributed by atoms with van der Waals surface area (Å²) < 4.78 is 0. The highest BCUT2D eigenvalue weighted by Gasteiger charge is 1.99. The highest BCUT2D eigenvalue weighted by Crippen LogP contribution is 2.24. The van der Waals surface area contributed by atoms with Crippen molar-refractivity contribution >= 4 is 17.4 Å². The highest BCUT2D eigenvalue weighted by atomic mass is 32.2. The molecule has 0 bridgehead atoms. The molecule has 0 aliphatic heterocycles. The Morgan fingerprint density at radius 2 is 1.93 bits per heavy atom. The van der Waals surface area contributed by atoms with Crippen molar-refractivity contribution in [1.29, 1.82) is 0 Å². The first kappa shape index (κ1) is 10.1. The molecule has 0 saturated heterocycles. The largest absolute Gasteiger partial charge is 0.398 e. The van der Waals surface area contributed by atoms with Gasteiger partial charge in [-0.25, -0.2) is 0 Å². The van der Waals surface area contributed by atoms with Crippen molar-refractivity contribution in [2.75, 3.05) is 5.73 Å². The third-order valence-electron chi connectivity index (χ3n) is 2.08. The standard InChI is InChI=1S/C12H12N2S/c13-12-6-7-14-8-10(12)9-15-11-4-2-1-3-5-11/h1-8H,9H2,(H2,13,14). The van der Waals surface area contributed by atoms with Crippen molar-refractivity contribution in [2.45, 2.75) is 10.6 Å². The molecule has 0 radical (unpaired) electrons. The molecule has 3 heteroatoms. The van der Waals surface area contributed by atoms with Crippen molar-refractivity contribution in [3.8, 4) is 0 Å². The highest BCUT2D eigenvalue weighted by molar-refractivity contribution is 7.98. The molecule has 15 heavy (non-hydrogen) atoms. The van der Waals surface area contributed by atoms with Gasteiger partial charge < -0.3 is 5.73 Å². The maximum Gasteiger partial charge on any atom is 0.0386 e. The molecule has 1 heterocycles. The molecule has 2 aromatic rings. The molecule has 76 valence electrons. The Morgan fingerprint density at radius 3 is 2.67 bits per heavy atom. The van der Waals surface area contributed by atoms with Gasteiger partial charge >= 0.3 is 0 Å². The molecule has 0 fully saturated rings. The third-order valence-corrected chi connectivity index (χ3v) is 3.14. The van der Waals surface area contributed by atoms with Crippen LogP contribution in [0, 0.1) is 0 Å². The summed E-state index contributed by atoms with van der Waals surface area (Å²) in [6.45, 7) is 0. The van der Waals surface area contributed by atoms with Crippen LogP contribution in [0.15, 0.2) is 53.7 Å². The average molecular weight is 216 g/mol. The second-order valence-corrected chi connectivity index (χ2v) is 4.22. The zero-order chi connectivity index (χ0) is 10.5. The fraction of sp³-hybridized carbons (Fsp3) is 0.0833. The predicted molar refractivity (Wildman–Crippen MR) is 64.7 cm³/mol. The molecule has 0 aliphatic rings. The van der Waals surface area contributed by atoms with E-state index in [1.54, 1.807) is 18.0 Å². The van der Waals surface area contributed by atoms with Crippen molar-refractivity contribution < 1.29 is 0 Å². The summed E-state index contributed by atoms with van der Waals surface area (Å²) in [5, 5.41) is 0. The lowest BCUT2D eigenvalue weighted by molar-refractivity contribution is 1.25. The second kappa shape index (κ2) is 4.84. The van der Waals surface area contributed by atoms with Gasteiger partial charge in [0, 0.05) is 34.3 Å². The van der Waals surface area contributed by atoms with Crippen LogP contribution in [0.3, 0.4) is 0 Å². The van der Waals surface area contributed by atoms with Crippen LogP contribution in [-0.2, 0) is 5.75 Å². The molecule has 2 rings (SSSR count). The Balaban J connectivity index is 2.03. The number of benzene rings is 1. The number of nitrogens with two attached hydrogens (primary N) is 1. The molecule has 0 saturated carbocycles. The van der Waals surface area contributed by atoms with Gasteiger partial charge in [0.1, 0.15) is 0 Å². The zero-order valence-corrected chi connectivity index (χ0v) is 9.08. The first-order valence-electron chi connectivity index (χ1n) is 4.72. The smallest absolute Gasteiger partial charge is 0.0386 e. The van der Waals surface area contributed by atoms with Crippen LogP contribution < -0.4 is 5.73 Å². The molecule has 2 N–H and O–H groups in total. The summed E-state index contributed by atoms with van der Waals surface area (Å²) in [6.07, 6.45) is 3.54. The number of hydrogen-bond acceptors (Lipinski definition) is 3. The molecular formula is C12H12N2S. The van der Waals surface area contributed by atoms with Crippen LogP contribution >= 0.6 is 11.8 Å². The first-order chi connectivity index (χ1) is 7.36. The van der Waals surface area contributed by atoms with Crippen molar-refractivity contribution in [1.82, 2.24) is 4.98 Å². The topological polar surface area (TPSA) is 38.9 Å². The first-order valence-corrected chi connectivity index (χ1v) is 5.71. The average Bonchev–Trinajstić information content (AvgIpc) is 2.29. The number of hydrogen-bond donors (Lipinski definition) is 1. The Labute approximate surface area is 93.5 Å². The summed E-state index contributed by atoms with van der Waals surface area (Å²) in [6, 6.07) is 12.1. The fourth-order valence-corrected chi connectivity index (χ4v) is 2.15. The maximum atomic E-state index is 5.83. The minimum atomic E-state index is 0.813. The van der Waals surface area contributed by atoms with Gasteiger partial charge in [-0.15, -0.1) is 11.8 Å². The Kier molecular flexibility index (Phi) is 3.25. The maximum absolute atomic E-state index is 5.83. The van der Waals surface area contributed by atoms with Gasteiger partial charge in [0.05, 0.1) is 0 Å². The summed E-state index contributed by atoms with van der Waals surface area (Å²) >= 11 is 1.77. The van der Waals surface area contributed by atoms with E-state index >= 15 is 0 Å². The summed E-state index contributed by atoms with van der Waals surface area (Å²) in [5.74, 6) is 0.865. The SMILES string of the molecule is Nc1ccncc1CSc1ccccc1. The fourth-order valence-electron chi connectivity index (χ4n) is 1.24. The second-order valence-electron chi connectivity index (χ2n) is 3.18. The summed E-state index contributed by atoms with van der Waals surface area (Å²) in [4.78, 5) is 5.32. The molecule has 0 aliphatic carbocycles. The molecular weight excluding hydrogens is 204 g/mol. The van der Waals surface area contributed by atoms with Gasteiger partial charge in [-0.05, 0) is 18.2 Å². The van der Waals surface area contributed by atoms with Crippen molar-refractivity contribution in [3.63, 3.8) is 0 Å². The summed E-state index contributed by atoms with van der Waals surface area (Å²) in [5.41, 5.74) is 7.73. The number of rotatable bonds is 3. The van der Waals surface area contributed by atoms with Crippen LogP contribution in [-0.4, -0.2) is 4.98 Å². The number of nitrogens with zero attached hydrogens (tertiary/aromatic N) is 1. The molecule has 0 spiro atoms. The van der Waals surface area contributed by atoms with Gasteiger partial charge in [-0.3, -0.25) is 4.98 Å². The monoisotopic (exact) mass is 216 g/mol. The number of aromatic nitrogens is 1. The molecule has 1 aromatic carbocycles. The van der Waals surface area contributed by atoms with E-state index in [2.05, 4.69) is 17.1 Å². The minimum Gasteiger partial charge on any atom is -0.398 e. The lowest BCUT2D eigenvalue weighted by atomic mass is 10.3. The predicted octanol–water partition coefficient (Wildman–Crippen LogP) is 2.96. The lowest BCUT2D eigenvalue weighted by Crippen LogP contribution is -1.92. The Hall–Kier alpha value is -1.48. The van der Waals surface area contributed by atoms with E-state index in [1.165, 1.54) is 4.90 Å². The Morgan fingerprint density at radius 1 is 1.13 bits per heavy atom. The van der Waals surface area contributed by atoms with E-state index in [0.717, 1.165) is 17.0 Å². The molecule has 2 nitrogen and oxygen atoms in total. The minimum absolute atomic E-state index is 0.813. The molecule has 1 aromatic heterocycles. The van der Waals surface area contributed by atoms with E-state index in [1.807, 2.05) is 30.5 Å². The number of nitrogen functional groups attached to an aromatic ring is 1. The van der Waals surface area contributed by atoms with Crippen LogP contribution in [0.4, 0.5) is 5.69 Å². The summed E-state index contributed by atoms with van der Waals surface area (Å²) in [7, 11) is 0. The Bertz CT molecular complexity index is 429. The van der Waals surface area contributed by atoms with E-state index in [4.69, 9.17) is 5.73 Å². The van der Waals surface area contributed by atoms with Crippen LogP contribution in [0.25, 0.3) is 0 Å². The molecule has 0 amide bonds.